The first-order chi connectivity index (χ1) is 14.3. The first-order valence-corrected chi connectivity index (χ1v) is 10.4. The van der Waals surface area contributed by atoms with Gasteiger partial charge in [-0.2, -0.15) is 0 Å². The largest absolute Gasteiger partial charge is 0.306 e. The van der Waals surface area contributed by atoms with Gasteiger partial charge in [-0.3, -0.25) is 19.7 Å². The van der Waals surface area contributed by atoms with Gasteiger partial charge in [0.15, 0.2) is 0 Å². The maximum absolute atomic E-state index is 12.7. The van der Waals surface area contributed by atoms with E-state index in [4.69, 9.17) is 4.98 Å². The first kappa shape index (κ1) is 17.9. The highest BCUT2D eigenvalue weighted by Gasteiger charge is 2.21. The second-order valence-corrected chi connectivity index (χ2v) is 8.01. The van der Waals surface area contributed by atoms with E-state index in [1.807, 2.05) is 24.4 Å². The normalized spacial score (nSPS) is 13.9. The number of nitrogens with one attached hydrogen (secondary N) is 1. The van der Waals surface area contributed by atoms with E-state index in [2.05, 4.69) is 43.4 Å². The van der Waals surface area contributed by atoms with Gasteiger partial charge in [0.05, 0.1) is 21.8 Å². The van der Waals surface area contributed by atoms with Crippen LogP contribution in [-0.2, 0) is 19.5 Å². The van der Waals surface area contributed by atoms with Crippen LogP contribution in [0.1, 0.15) is 16.8 Å². The Morgan fingerprint density at radius 1 is 1.14 bits per heavy atom. The van der Waals surface area contributed by atoms with Crippen LogP contribution in [0.3, 0.4) is 0 Å². The number of hydrogen-bond acceptors (Lipinski definition) is 6. The molecule has 0 radical (unpaired) electrons. The van der Waals surface area contributed by atoms with Gasteiger partial charge in [0.1, 0.15) is 5.82 Å². The predicted molar refractivity (Wildman–Crippen MR) is 113 cm³/mol. The van der Waals surface area contributed by atoms with E-state index in [0.717, 1.165) is 47.6 Å². The van der Waals surface area contributed by atoms with Crippen molar-refractivity contribution in [3.63, 3.8) is 0 Å². The van der Waals surface area contributed by atoms with Crippen molar-refractivity contribution in [2.24, 2.45) is 0 Å². The minimum atomic E-state index is -0.0577. The molecule has 6 nitrogen and oxygen atoms in total. The van der Waals surface area contributed by atoms with Crippen molar-refractivity contribution < 1.29 is 0 Å². The van der Waals surface area contributed by atoms with E-state index in [0.29, 0.717) is 12.4 Å². The Morgan fingerprint density at radius 3 is 2.79 bits per heavy atom. The summed E-state index contributed by atoms with van der Waals surface area (Å²) in [7, 11) is 0. The third-order valence-corrected chi connectivity index (χ3v) is 6.00. The van der Waals surface area contributed by atoms with E-state index in [9.17, 15) is 4.79 Å². The molecule has 1 N–H and O–H groups in total. The lowest BCUT2D eigenvalue weighted by Crippen LogP contribution is -2.35. The molecule has 1 aliphatic rings. The second kappa shape index (κ2) is 7.69. The maximum atomic E-state index is 12.7. The number of pyridine rings is 2. The highest BCUT2D eigenvalue weighted by atomic mass is 32.1. The van der Waals surface area contributed by atoms with E-state index in [1.165, 1.54) is 4.88 Å². The van der Waals surface area contributed by atoms with Crippen molar-refractivity contribution in [2.75, 3.05) is 6.54 Å². The van der Waals surface area contributed by atoms with Crippen LogP contribution in [0.4, 0.5) is 0 Å². The summed E-state index contributed by atoms with van der Waals surface area (Å²) < 4.78 is 0. The van der Waals surface area contributed by atoms with Gasteiger partial charge < -0.3 is 4.98 Å². The Balaban J connectivity index is 1.33. The molecule has 5 heterocycles. The zero-order chi connectivity index (χ0) is 19.6. The van der Waals surface area contributed by atoms with Crippen molar-refractivity contribution in [1.82, 2.24) is 24.8 Å². The van der Waals surface area contributed by atoms with E-state index < -0.39 is 0 Å². The summed E-state index contributed by atoms with van der Waals surface area (Å²) in [4.78, 5) is 32.4. The molecule has 144 valence electrons. The number of H-pyrrole nitrogens is 1. The lowest BCUT2D eigenvalue weighted by molar-refractivity contribution is 0.241. The van der Waals surface area contributed by atoms with Crippen LogP contribution >= 0.6 is 11.3 Å². The fourth-order valence-corrected chi connectivity index (χ4v) is 4.31. The van der Waals surface area contributed by atoms with Gasteiger partial charge in [-0.25, -0.2) is 4.98 Å². The number of aromatic amines is 1. The molecule has 0 aliphatic carbocycles. The molecule has 5 rings (SSSR count). The second-order valence-electron chi connectivity index (χ2n) is 7.07. The van der Waals surface area contributed by atoms with Crippen LogP contribution in [-0.4, -0.2) is 31.4 Å². The third-order valence-electron chi connectivity index (χ3n) is 5.11. The summed E-state index contributed by atoms with van der Waals surface area (Å²) in [5, 5.41) is 2.06. The molecule has 4 aromatic rings. The van der Waals surface area contributed by atoms with Gasteiger partial charge in [-0.1, -0.05) is 12.1 Å². The zero-order valence-corrected chi connectivity index (χ0v) is 16.5. The molecule has 0 atom stereocenters. The first-order valence-electron chi connectivity index (χ1n) is 9.50. The molecule has 4 aromatic heterocycles. The molecular weight excluding hydrogens is 382 g/mol. The van der Waals surface area contributed by atoms with Gasteiger partial charge in [0.2, 0.25) is 0 Å². The smallest absolute Gasteiger partial charge is 0.255 e. The average Bonchev–Trinajstić information content (AvgIpc) is 3.30. The van der Waals surface area contributed by atoms with Crippen LogP contribution < -0.4 is 5.56 Å². The fraction of sp³-hybridized carbons (Fsp3) is 0.182. The highest BCUT2D eigenvalue weighted by molar-refractivity contribution is 7.13. The minimum Gasteiger partial charge on any atom is -0.306 e. The molecule has 1 aliphatic heterocycles. The van der Waals surface area contributed by atoms with E-state index >= 15 is 0 Å². The van der Waals surface area contributed by atoms with Gasteiger partial charge in [-0.15, -0.1) is 11.3 Å². The summed E-state index contributed by atoms with van der Waals surface area (Å²) >= 11 is 1.69. The monoisotopic (exact) mass is 401 g/mol. The van der Waals surface area contributed by atoms with Gasteiger partial charge in [0, 0.05) is 50.2 Å². The highest BCUT2D eigenvalue weighted by Crippen LogP contribution is 2.23. The van der Waals surface area contributed by atoms with Crippen LogP contribution in [0.25, 0.3) is 22.0 Å². The molecule has 0 fully saturated rings. The van der Waals surface area contributed by atoms with Crippen LogP contribution in [0.5, 0.6) is 0 Å². The zero-order valence-electron chi connectivity index (χ0n) is 15.7. The summed E-state index contributed by atoms with van der Waals surface area (Å²) in [6.07, 6.45) is 6.10. The molecule has 29 heavy (non-hydrogen) atoms. The molecule has 0 amide bonds. The number of thiophene rings is 1. The average molecular weight is 401 g/mol. The molecule has 0 saturated heterocycles. The van der Waals surface area contributed by atoms with Gasteiger partial charge >= 0.3 is 0 Å². The Bertz CT molecular complexity index is 1170. The van der Waals surface area contributed by atoms with Crippen LogP contribution in [0.15, 0.2) is 65.2 Å². The molecule has 0 spiro atoms. The molecule has 0 bridgehead atoms. The van der Waals surface area contributed by atoms with Gasteiger partial charge in [0.25, 0.3) is 5.56 Å². The molecule has 0 unspecified atom stereocenters. The topological polar surface area (TPSA) is 74.8 Å². The van der Waals surface area contributed by atoms with Crippen molar-refractivity contribution in [1.29, 1.82) is 0 Å². The Labute approximate surface area is 171 Å². The standard InChI is InChI=1S/C22H19N5OS/c28-22-17-14-27(13-15-3-4-19(24-12-15)20-2-1-11-29-20)10-7-18(17)25-21(26-22)16-5-8-23-9-6-16/h1-6,8-9,11-12H,7,10,13-14H2,(H,25,26,28). The van der Waals surface area contributed by atoms with Crippen molar-refractivity contribution >= 4 is 11.3 Å². The lowest BCUT2D eigenvalue weighted by atomic mass is 10.1. The van der Waals surface area contributed by atoms with E-state index in [-0.39, 0.29) is 5.56 Å². The van der Waals surface area contributed by atoms with Crippen molar-refractivity contribution in [3.8, 4) is 22.0 Å². The number of fused-ring (bicyclic) bond motifs is 1. The summed E-state index contributed by atoms with van der Waals surface area (Å²) in [6, 6.07) is 12.0. The Hall–Kier alpha value is -3.16. The maximum Gasteiger partial charge on any atom is 0.255 e. The molecule has 7 heteroatoms. The van der Waals surface area contributed by atoms with E-state index in [1.54, 1.807) is 23.7 Å². The van der Waals surface area contributed by atoms with Gasteiger partial charge in [-0.05, 0) is 35.2 Å². The third kappa shape index (κ3) is 3.74. The fourth-order valence-electron chi connectivity index (χ4n) is 3.61. The van der Waals surface area contributed by atoms with Crippen LogP contribution in [0.2, 0.25) is 0 Å². The summed E-state index contributed by atoms with van der Waals surface area (Å²) in [5.74, 6) is 0.609. The number of hydrogen-bond donors (Lipinski definition) is 1. The molecular formula is C22H19N5OS. The van der Waals surface area contributed by atoms with Crippen LogP contribution in [0, 0.1) is 0 Å². The summed E-state index contributed by atoms with van der Waals surface area (Å²) in [6.45, 7) is 2.23. The Morgan fingerprint density at radius 2 is 2.03 bits per heavy atom. The minimum absolute atomic E-state index is 0.0577. The number of rotatable bonds is 4. The molecule has 0 aromatic carbocycles. The SMILES string of the molecule is O=c1[nH]c(-c2ccncc2)nc2c1CN(Cc1ccc(-c3cccs3)nc1)CC2. The Kier molecular flexibility index (Phi) is 4.75. The van der Waals surface area contributed by atoms with Crippen molar-refractivity contribution in [2.45, 2.75) is 19.5 Å². The van der Waals surface area contributed by atoms with Crippen molar-refractivity contribution in [3.05, 3.63) is 87.5 Å². The number of nitrogens with zero attached hydrogens (tertiary/aromatic N) is 4. The predicted octanol–water partition coefficient (Wildman–Crippen LogP) is 3.51. The lowest BCUT2D eigenvalue weighted by Gasteiger charge is -2.27. The summed E-state index contributed by atoms with van der Waals surface area (Å²) in [5.41, 5.74) is 4.61. The quantitative estimate of drug-likeness (QED) is 0.566. The molecule has 0 saturated carbocycles. The number of aromatic nitrogens is 4.